The van der Waals surface area contributed by atoms with Crippen LogP contribution in [0.1, 0.15) is 7.43 Å². The highest BCUT2D eigenvalue weighted by Gasteiger charge is 2.19. The van der Waals surface area contributed by atoms with Crippen molar-refractivity contribution in [2.24, 2.45) is 0 Å². The van der Waals surface area contributed by atoms with Gasteiger partial charge < -0.3 is 21.7 Å². The minimum absolute atomic E-state index is 0. The molecule has 25 heteroatoms. The largest absolute Gasteiger partial charge is 0.399 e. The zero-order valence-electron chi connectivity index (χ0n) is 30.4. The molecular formula is C35H35Cl3N12O8S2. The zero-order valence-corrected chi connectivity index (χ0v) is 34.3. The van der Waals surface area contributed by atoms with Gasteiger partial charge in [-0.1, -0.05) is 67.0 Å². The molecule has 0 atom stereocenters. The van der Waals surface area contributed by atoms with Crippen LogP contribution in [0, 0.1) is 20.2 Å². The molecule has 60 heavy (non-hydrogen) atoms. The van der Waals surface area contributed by atoms with Crippen molar-refractivity contribution >= 4 is 107 Å². The number of halogens is 3. The molecule has 0 aliphatic rings. The number of nitrogens with two attached hydrogens (primary N) is 1. The van der Waals surface area contributed by atoms with Gasteiger partial charge in [-0.05, 0) is 62.1 Å². The maximum absolute atomic E-state index is 12.2. The molecule has 20 nitrogen and oxygen atoms in total. The number of anilines is 7. The Hall–Kier alpha value is -6.27. The zero-order chi connectivity index (χ0) is 43.3. The number of hydrogen-bond acceptors (Lipinski definition) is 16. The van der Waals surface area contributed by atoms with Gasteiger partial charge in [0, 0.05) is 35.6 Å². The van der Waals surface area contributed by atoms with E-state index in [1.165, 1.54) is 69.0 Å². The SMILES string of the molecule is C.CNS(=O)(=O)c1ccccc1Nc1nc(Cl)ncc1Cl.CNS(=O)(=O)c1ccccc1Nc1nc(Nc2cccc([N+](=O)[O-])c2)ncc1Cl.Nc1cccc([N+](=O)[O-])c1. The lowest BCUT2D eigenvalue weighted by atomic mass is 10.3. The first-order valence-electron chi connectivity index (χ1n) is 16.2. The Bertz CT molecular complexity index is 2700. The summed E-state index contributed by atoms with van der Waals surface area (Å²) in [7, 11) is -4.67. The van der Waals surface area contributed by atoms with Crippen molar-refractivity contribution in [3.8, 4) is 0 Å². The summed E-state index contributed by atoms with van der Waals surface area (Å²) in [6.45, 7) is 0. The van der Waals surface area contributed by atoms with E-state index in [4.69, 9.17) is 40.5 Å². The van der Waals surface area contributed by atoms with Gasteiger partial charge in [0.25, 0.3) is 11.4 Å². The third kappa shape index (κ3) is 13.4. The van der Waals surface area contributed by atoms with Gasteiger partial charge in [-0.15, -0.1) is 0 Å². The summed E-state index contributed by atoms with van der Waals surface area (Å²) in [5, 5.41) is 30.0. The highest BCUT2D eigenvalue weighted by Crippen LogP contribution is 2.30. The van der Waals surface area contributed by atoms with Crippen molar-refractivity contribution in [1.82, 2.24) is 29.4 Å². The van der Waals surface area contributed by atoms with Gasteiger partial charge >= 0.3 is 0 Å². The fourth-order valence-electron chi connectivity index (χ4n) is 4.50. The topological polar surface area (TPSA) is 292 Å². The van der Waals surface area contributed by atoms with Gasteiger partial charge in [0.05, 0.1) is 33.6 Å². The van der Waals surface area contributed by atoms with Gasteiger partial charge in [0.1, 0.15) is 19.8 Å². The average Bonchev–Trinajstić information content (AvgIpc) is 3.21. The molecule has 7 N–H and O–H groups in total. The Kier molecular flexibility index (Phi) is 17.4. The van der Waals surface area contributed by atoms with E-state index < -0.39 is 29.9 Å². The molecule has 0 unspecified atom stereocenters. The molecule has 2 aromatic heterocycles. The lowest BCUT2D eigenvalue weighted by molar-refractivity contribution is -0.385. The van der Waals surface area contributed by atoms with E-state index >= 15 is 0 Å². The number of nitro benzene ring substituents is 2. The van der Waals surface area contributed by atoms with Crippen molar-refractivity contribution in [2.45, 2.75) is 17.2 Å². The van der Waals surface area contributed by atoms with Crippen LogP contribution in [0.2, 0.25) is 15.3 Å². The molecule has 2 heterocycles. The first-order valence-corrected chi connectivity index (χ1v) is 20.3. The molecule has 0 bridgehead atoms. The highest BCUT2D eigenvalue weighted by molar-refractivity contribution is 7.90. The molecule has 0 aliphatic carbocycles. The molecule has 0 saturated heterocycles. The lowest BCUT2D eigenvalue weighted by Gasteiger charge is -2.13. The number of non-ortho nitro benzene ring substituents is 2. The second-order valence-electron chi connectivity index (χ2n) is 11.2. The highest BCUT2D eigenvalue weighted by atomic mass is 35.5. The summed E-state index contributed by atoms with van der Waals surface area (Å²) in [5.74, 6) is 0.505. The van der Waals surface area contributed by atoms with Crippen molar-refractivity contribution < 1.29 is 26.7 Å². The Labute approximate surface area is 359 Å². The molecule has 316 valence electrons. The summed E-state index contributed by atoms with van der Waals surface area (Å²) < 4.78 is 52.8. The number of rotatable bonds is 12. The number of para-hydroxylation sites is 2. The first kappa shape index (κ1) is 48.1. The van der Waals surface area contributed by atoms with E-state index in [1.54, 1.807) is 54.6 Å². The lowest BCUT2D eigenvalue weighted by Crippen LogP contribution is -2.19. The molecule has 6 rings (SSSR count). The van der Waals surface area contributed by atoms with Crippen molar-refractivity contribution in [1.29, 1.82) is 0 Å². The molecular weight excluding hydrogens is 887 g/mol. The van der Waals surface area contributed by atoms with Crippen LogP contribution in [-0.2, 0) is 20.0 Å². The maximum atomic E-state index is 12.2. The van der Waals surface area contributed by atoms with Gasteiger partial charge in [0.15, 0.2) is 11.6 Å². The van der Waals surface area contributed by atoms with Crippen LogP contribution in [0.5, 0.6) is 0 Å². The number of sulfonamides is 2. The number of benzene rings is 4. The van der Waals surface area contributed by atoms with E-state index in [0.717, 1.165) is 0 Å². The van der Waals surface area contributed by atoms with Gasteiger partial charge in [-0.2, -0.15) is 9.97 Å². The minimum atomic E-state index is -3.71. The average molecular weight is 922 g/mol. The quantitative estimate of drug-likeness (QED) is 0.0297. The smallest absolute Gasteiger partial charge is 0.271 e. The van der Waals surface area contributed by atoms with Crippen molar-refractivity contribution in [3.05, 3.63) is 145 Å². The normalized spacial score (nSPS) is 10.7. The number of hydrogen-bond donors (Lipinski definition) is 6. The predicted octanol–water partition coefficient (Wildman–Crippen LogP) is 7.68. The Morgan fingerprint density at radius 1 is 0.617 bits per heavy atom. The van der Waals surface area contributed by atoms with Crippen LogP contribution in [-0.4, -0.2) is 60.7 Å². The summed E-state index contributed by atoms with van der Waals surface area (Å²) >= 11 is 17.8. The fraction of sp³-hybridized carbons (Fsp3) is 0.0857. The molecule has 4 aromatic carbocycles. The molecule has 0 spiro atoms. The van der Waals surface area contributed by atoms with Crippen LogP contribution in [0.4, 0.5) is 51.7 Å². The number of nitro groups is 2. The Morgan fingerprint density at radius 2 is 1.08 bits per heavy atom. The molecule has 0 aliphatic heterocycles. The molecule has 0 amide bonds. The van der Waals surface area contributed by atoms with Crippen molar-refractivity contribution in [2.75, 3.05) is 35.8 Å². The summed E-state index contributed by atoms with van der Waals surface area (Å²) in [6, 6.07) is 24.3. The van der Waals surface area contributed by atoms with E-state index in [-0.39, 0.29) is 67.2 Å². The van der Waals surface area contributed by atoms with Gasteiger partial charge in [-0.25, -0.2) is 36.2 Å². The van der Waals surface area contributed by atoms with Crippen LogP contribution < -0.4 is 31.1 Å². The second kappa shape index (κ2) is 21.7. The molecule has 6 aromatic rings. The Balaban J connectivity index is 0.000000267. The standard InChI is InChI=1S/C17H15ClN6O4S.C11H10Cl2N4O2S.C6H6N2O2.CH4/c1-19-29(27,28)15-8-3-2-7-14(15)22-16-13(18)10-20-17(23-16)21-11-5-4-6-12(9-11)24(25)26;1-14-20(18,19)9-5-3-2-4-8(9)16-10-7(12)6-15-11(13)17-10;7-5-2-1-3-6(4-5)8(9)10;/h2-10,19H,1H3,(H2,20,21,22,23);2-6,14H,1H3,(H,15,16,17);1-4H,7H2;1H4. The van der Waals surface area contributed by atoms with Crippen LogP contribution in [0.3, 0.4) is 0 Å². The van der Waals surface area contributed by atoms with E-state index in [2.05, 4.69) is 45.3 Å². The summed E-state index contributed by atoms with van der Waals surface area (Å²) in [5.41, 5.74) is 6.65. The Morgan fingerprint density at radius 3 is 1.57 bits per heavy atom. The molecule has 0 radical (unpaired) electrons. The van der Waals surface area contributed by atoms with Crippen molar-refractivity contribution in [3.63, 3.8) is 0 Å². The number of nitrogens with one attached hydrogen (secondary N) is 5. The third-order valence-corrected chi connectivity index (χ3v) is 10.9. The number of aromatic nitrogens is 4. The summed E-state index contributed by atoms with van der Waals surface area (Å²) in [4.78, 5) is 36.0. The monoisotopic (exact) mass is 920 g/mol. The van der Waals surface area contributed by atoms with E-state index in [9.17, 15) is 37.1 Å². The van der Waals surface area contributed by atoms with Crippen LogP contribution >= 0.6 is 34.8 Å². The van der Waals surface area contributed by atoms with Crippen LogP contribution in [0.15, 0.2) is 119 Å². The third-order valence-electron chi connectivity index (χ3n) is 7.25. The summed E-state index contributed by atoms with van der Waals surface area (Å²) in [6.07, 6.45) is 2.65. The fourth-order valence-corrected chi connectivity index (χ4v) is 6.68. The van der Waals surface area contributed by atoms with Gasteiger partial charge in [0.2, 0.25) is 31.3 Å². The predicted molar refractivity (Wildman–Crippen MR) is 232 cm³/mol. The maximum Gasteiger partial charge on any atom is 0.271 e. The molecule has 0 fully saturated rings. The second-order valence-corrected chi connectivity index (χ2v) is 16.0. The van der Waals surface area contributed by atoms with Crippen LogP contribution in [0.25, 0.3) is 0 Å². The minimum Gasteiger partial charge on any atom is -0.399 e. The number of nitrogens with zero attached hydrogens (tertiary/aromatic N) is 6. The van der Waals surface area contributed by atoms with Gasteiger partial charge in [-0.3, -0.25) is 20.2 Å². The van der Waals surface area contributed by atoms with E-state index in [0.29, 0.717) is 17.1 Å². The number of nitrogen functional groups attached to an aromatic ring is 1. The molecule has 0 saturated carbocycles. The first-order chi connectivity index (χ1) is 27.9. The van der Waals surface area contributed by atoms with E-state index in [1.807, 2.05) is 0 Å².